The molecule has 5 heteroatoms. The highest BCUT2D eigenvalue weighted by atomic mass is 32.2. The molecular formula is C11H14N2O2S. The number of sulfonamides is 1. The van der Waals surface area contributed by atoms with Crippen molar-refractivity contribution in [2.75, 3.05) is 12.4 Å². The van der Waals surface area contributed by atoms with E-state index in [9.17, 15) is 8.42 Å². The average Bonchev–Trinajstić information content (AvgIpc) is 2.28. The van der Waals surface area contributed by atoms with Gasteiger partial charge in [-0.25, -0.2) is 8.42 Å². The van der Waals surface area contributed by atoms with Crippen LogP contribution < -0.4 is 10.0 Å². The summed E-state index contributed by atoms with van der Waals surface area (Å²) < 4.78 is 25.9. The zero-order valence-electron chi connectivity index (χ0n) is 9.19. The molecule has 0 radical (unpaired) electrons. The Kier molecular flexibility index (Phi) is 3.93. The lowest BCUT2D eigenvalue weighted by Crippen LogP contribution is -2.31. The first kappa shape index (κ1) is 12.6. The smallest absolute Gasteiger partial charge is 0.241 e. The molecule has 0 heterocycles. The first-order valence-corrected chi connectivity index (χ1v) is 6.24. The molecule has 1 aromatic rings. The van der Waals surface area contributed by atoms with Crippen LogP contribution in [0.25, 0.3) is 0 Å². The van der Waals surface area contributed by atoms with Crippen LogP contribution in [0, 0.1) is 12.3 Å². The van der Waals surface area contributed by atoms with E-state index in [1.165, 1.54) is 12.1 Å². The molecule has 4 nitrogen and oxygen atoms in total. The van der Waals surface area contributed by atoms with Crippen LogP contribution in [-0.2, 0) is 10.0 Å². The van der Waals surface area contributed by atoms with Crippen LogP contribution in [-0.4, -0.2) is 21.5 Å². The fourth-order valence-electron chi connectivity index (χ4n) is 1.14. The van der Waals surface area contributed by atoms with Gasteiger partial charge >= 0.3 is 0 Å². The first-order chi connectivity index (χ1) is 7.49. The normalized spacial score (nSPS) is 12.8. The van der Waals surface area contributed by atoms with E-state index < -0.39 is 16.1 Å². The molecule has 0 fully saturated rings. The van der Waals surface area contributed by atoms with Crippen LogP contribution in [0.2, 0.25) is 0 Å². The summed E-state index contributed by atoms with van der Waals surface area (Å²) in [5, 5.41) is 2.91. The summed E-state index contributed by atoms with van der Waals surface area (Å²) in [6, 6.07) is 5.91. The van der Waals surface area contributed by atoms with E-state index in [1.54, 1.807) is 26.1 Å². The van der Waals surface area contributed by atoms with Gasteiger partial charge in [0, 0.05) is 12.7 Å². The maximum Gasteiger partial charge on any atom is 0.241 e. The summed E-state index contributed by atoms with van der Waals surface area (Å²) in [6.45, 7) is 1.61. The topological polar surface area (TPSA) is 58.2 Å². The second-order valence-corrected chi connectivity index (χ2v) is 5.00. The van der Waals surface area contributed by atoms with Crippen molar-refractivity contribution in [3.05, 3.63) is 24.3 Å². The minimum atomic E-state index is -3.52. The van der Waals surface area contributed by atoms with Crippen molar-refractivity contribution in [2.45, 2.75) is 17.9 Å². The fraction of sp³-hybridized carbons (Fsp3) is 0.273. The zero-order chi connectivity index (χ0) is 12.2. The predicted octanol–water partition coefficient (Wildman–Crippen LogP) is 1.03. The molecule has 0 saturated heterocycles. The van der Waals surface area contributed by atoms with E-state index in [0.717, 1.165) is 5.69 Å². The summed E-state index contributed by atoms with van der Waals surface area (Å²) in [4.78, 5) is 0.202. The number of terminal acetylenes is 1. The molecule has 0 spiro atoms. The maximum absolute atomic E-state index is 11.8. The predicted molar refractivity (Wildman–Crippen MR) is 64.6 cm³/mol. The molecule has 0 aromatic heterocycles. The third kappa shape index (κ3) is 2.99. The first-order valence-electron chi connectivity index (χ1n) is 4.76. The van der Waals surface area contributed by atoms with E-state index in [-0.39, 0.29) is 4.90 Å². The lowest BCUT2D eigenvalue weighted by atomic mass is 10.3. The van der Waals surface area contributed by atoms with Gasteiger partial charge in [-0.15, -0.1) is 6.42 Å². The number of anilines is 1. The Bertz CT molecular complexity index is 486. The van der Waals surface area contributed by atoms with Gasteiger partial charge < -0.3 is 5.32 Å². The Balaban J connectivity index is 2.95. The van der Waals surface area contributed by atoms with E-state index in [0.29, 0.717) is 0 Å². The molecule has 1 atom stereocenters. The molecule has 0 bridgehead atoms. The van der Waals surface area contributed by atoms with Gasteiger partial charge in [-0.05, 0) is 31.2 Å². The van der Waals surface area contributed by atoms with Gasteiger partial charge in [0.1, 0.15) is 0 Å². The SMILES string of the molecule is C#CC(C)NS(=O)(=O)c1ccc(NC)cc1. The van der Waals surface area contributed by atoms with Crippen molar-refractivity contribution in [1.29, 1.82) is 0 Å². The largest absolute Gasteiger partial charge is 0.388 e. The summed E-state index contributed by atoms with van der Waals surface area (Å²) in [7, 11) is -1.75. The van der Waals surface area contributed by atoms with Crippen LogP contribution >= 0.6 is 0 Å². The third-order valence-electron chi connectivity index (χ3n) is 2.04. The highest BCUT2D eigenvalue weighted by Crippen LogP contribution is 2.13. The number of rotatable bonds is 4. The van der Waals surface area contributed by atoms with Gasteiger partial charge in [-0.2, -0.15) is 4.72 Å². The van der Waals surface area contributed by atoms with Crippen molar-refractivity contribution in [1.82, 2.24) is 4.72 Å². The summed E-state index contributed by atoms with van der Waals surface area (Å²) >= 11 is 0. The van der Waals surface area contributed by atoms with Crippen molar-refractivity contribution in [3.63, 3.8) is 0 Å². The summed E-state index contributed by atoms with van der Waals surface area (Å²) in [5.74, 6) is 2.31. The number of nitrogens with one attached hydrogen (secondary N) is 2. The minimum Gasteiger partial charge on any atom is -0.388 e. The zero-order valence-corrected chi connectivity index (χ0v) is 10.0. The monoisotopic (exact) mass is 238 g/mol. The average molecular weight is 238 g/mol. The van der Waals surface area contributed by atoms with Crippen LogP contribution in [0.4, 0.5) is 5.69 Å². The quantitative estimate of drug-likeness (QED) is 0.770. The number of hydrogen-bond acceptors (Lipinski definition) is 3. The van der Waals surface area contributed by atoms with Crippen LogP contribution in [0.15, 0.2) is 29.2 Å². The standard InChI is InChI=1S/C11H14N2O2S/c1-4-9(2)13-16(14,15)11-7-5-10(12-3)6-8-11/h1,5-9,12-13H,2-3H3. The Morgan fingerprint density at radius 2 is 1.88 bits per heavy atom. The van der Waals surface area contributed by atoms with Crippen LogP contribution in [0.5, 0.6) is 0 Å². The van der Waals surface area contributed by atoms with E-state index in [4.69, 9.17) is 6.42 Å². The lowest BCUT2D eigenvalue weighted by molar-refractivity contribution is 0.577. The van der Waals surface area contributed by atoms with E-state index in [1.807, 2.05) is 0 Å². The summed E-state index contributed by atoms with van der Waals surface area (Å²) in [6.07, 6.45) is 5.12. The molecule has 1 unspecified atom stereocenters. The molecule has 1 rings (SSSR count). The van der Waals surface area contributed by atoms with Gasteiger partial charge in [-0.1, -0.05) is 5.92 Å². The van der Waals surface area contributed by atoms with Crippen molar-refractivity contribution in [2.24, 2.45) is 0 Å². The highest BCUT2D eigenvalue weighted by molar-refractivity contribution is 7.89. The Morgan fingerprint density at radius 1 is 1.31 bits per heavy atom. The van der Waals surface area contributed by atoms with Gasteiger partial charge in [0.2, 0.25) is 10.0 Å². The van der Waals surface area contributed by atoms with Gasteiger partial charge in [0.25, 0.3) is 0 Å². The fourth-order valence-corrected chi connectivity index (χ4v) is 2.30. The van der Waals surface area contributed by atoms with Crippen molar-refractivity contribution >= 4 is 15.7 Å². The molecule has 1 aromatic carbocycles. The Hall–Kier alpha value is -1.51. The van der Waals surface area contributed by atoms with Gasteiger partial charge in [0.15, 0.2) is 0 Å². The maximum atomic E-state index is 11.8. The summed E-state index contributed by atoms with van der Waals surface area (Å²) in [5.41, 5.74) is 0.851. The van der Waals surface area contributed by atoms with E-state index >= 15 is 0 Å². The van der Waals surface area contributed by atoms with Gasteiger partial charge in [-0.3, -0.25) is 0 Å². The van der Waals surface area contributed by atoms with Crippen LogP contribution in [0.3, 0.4) is 0 Å². The molecule has 0 amide bonds. The molecule has 16 heavy (non-hydrogen) atoms. The second-order valence-electron chi connectivity index (χ2n) is 3.28. The molecule has 2 N–H and O–H groups in total. The Labute approximate surface area is 96.1 Å². The number of hydrogen-bond donors (Lipinski definition) is 2. The molecular weight excluding hydrogens is 224 g/mol. The molecule has 0 aliphatic carbocycles. The van der Waals surface area contributed by atoms with Crippen LogP contribution in [0.1, 0.15) is 6.92 Å². The second kappa shape index (κ2) is 5.01. The molecule has 0 aliphatic heterocycles. The van der Waals surface area contributed by atoms with Crippen molar-refractivity contribution < 1.29 is 8.42 Å². The number of benzene rings is 1. The Morgan fingerprint density at radius 3 is 2.31 bits per heavy atom. The molecule has 0 saturated carbocycles. The molecule has 86 valence electrons. The van der Waals surface area contributed by atoms with E-state index in [2.05, 4.69) is 16.0 Å². The molecule has 0 aliphatic rings. The van der Waals surface area contributed by atoms with Crippen molar-refractivity contribution in [3.8, 4) is 12.3 Å². The highest BCUT2D eigenvalue weighted by Gasteiger charge is 2.15. The van der Waals surface area contributed by atoms with Gasteiger partial charge in [0.05, 0.1) is 10.9 Å². The minimum absolute atomic E-state index is 0.202. The third-order valence-corrected chi connectivity index (χ3v) is 3.59. The lowest BCUT2D eigenvalue weighted by Gasteiger charge is -2.09.